The summed E-state index contributed by atoms with van der Waals surface area (Å²) in [6.07, 6.45) is 11.7. The van der Waals surface area contributed by atoms with Gasteiger partial charge in [0, 0.05) is 24.3 Å². The van der Waals surface area contributed by atoms with E-state index < -0.39 is 10.1 Å². The Balaban J connectivity index is 0.000000555. The maximum atomic E-state index is 12.7. The quantitative estimate of drug-likeness (QED) is 0.572. The van der Waals surface area contributed by atoms with Crippen LogP contribution in [0.3, 0.4) is 0 Å². The molecule has 2 fully saturated rings. The van der Waals surface area contributed by atoms with Crippen LogP contribution in [0, 0.1) is 11.3 Å². The highest BCUT2D eigenvalue weighted by Crippen LogP contribution is 2.58. The van der Waals surface area contributed by atoms with E-state index in [4.69, 9.17) is 4.55 Å². The molecule has 3 aliphatic rings. The molecule has 1 unspecified atom stereocenters. The second-order valence-corrected chi connectivity index (χ2v) is 12.5. The Morgan fingerprint density at radius 3 is 2.45 bits per heavy atom. The number of nitrogens with zero attached hydrogens (tertiary/aromatic N) is 1. The van der Waals surface area contributed by atoms with Gasteiger partial charge in [0.1, 0.15) is 11.5 Å². The number of phenols is 1. The minimum atomic E-state index is -3.67. The van der Waals surface area contributed by atoms with Gasteiger partial charge in [0.2, 0.25) is 0 Å². The van der Waals surface area contributed by atoms with Gasteiger partial charge in [-0.15, -0.1) is 0 Å². The summed E-state index contributed by atoms with van der Waals surface area (Å²) in [5, 5.41) is 10.1. The molecule has 1 aromatic rings. The number of hydrogen-bond donors (Lipinski definition) is 2. The maximum absolute atomic E-state index is 12.7. The van der Waals surface area contributed by atoms with Crippen LogP contribution in [0.1, 0.15) is 82.8 Å². The lowest BCUT2D eigenvalue weighted by molar-refractivity contribution is -0.121. The first-order valence-electron chi connectivity index (χ1n) is 12.3. The Hall–Kier alpha value is -1.44. The van der Waals surface area contributed by atoms with Gasteiger partial charge in [0.25, 0.3) is 10.1 Å². The summed E-state index contributed by atoms with van der Waals surface area (Å²) in [5.41, 5.74) is 2.77. The van der Waals surface area contributed by atoms with Crippen molar-refractivity contribution in [1.29, 1.82) is 0 Å². The summed E-state index contributed by atoms with van der Waals surface area (Å²) in [6.45, 7) is 5.87. The van der Waals surface area contributed by atoms with E-state index in [0.717, 1.165) is 44.6 Å². The van der Waals surface area contributed by atoms with Gasteiger partial charge in [0.15, 0.2) is 0 Å². The van der Waals surface area contributed by atoms with Crippen molar-refractivity contribution < 1.29 is 22.9 Å². The zero-order valence-electron chi connectivity index (χ0n) is 20.6. The van der Waals surface area contributed by atoms with Crippen molar-refractivity contribution in [2.75, 3.05) is 19.8 Å². The molecule has 4 rings (SSSR count). The highest BCUT2D eigenvalue weighted by atomic mass is 32.2. The highest BCUT2D eigenvalue weighted by Gasteiger charge is 2.57. The van der Waals surface area contributed by atoms with Gasteiger partial charge in [-0.3, -0.25) is 9.35 Å². The molecule has 7 heteroatoms. The van der Waals surface area contributed by atoms with Crippen LogP contribution in [0.5, 0.6) is 5.75 Å². The number of Topliss-reactive ketones (excluding diaryl/α,β-unsaturated/α-hetero) is 1. The van der Waals surface area contributed by atoms with Crippen molar-refractivity contribution in [3.63, 3.8) is 0 Å². The van der Waals surface area contributed by atoms with Crippen LogP contribution in [-0.2, 0) is 26.7 Å². The number of likely N-dealkylation sites (N-methyl/N-ethyl adjacent to an activating group) is 1. The molecule has 1 saturated carbocycles. The molecule has 6 nitrogen and oxygen atoms in total. The maximum Gasteiger partial charge on any atom is 0.261 e. The number of phenolic OH excluding ortho intramolecular Hbond substituents is 1. The summed E-state index contributed by atoms with van der Waals surface area (Å²) in [6, 6.07) is 6.40. The Bertz CT molecular complexity index is 947. The average Bonchev–Trinajstić information content (AvgIpc) is 3.24. The highest BCUT2D eigenvalue weighted by molar-refractivity contribution is 7.85. The largest absolute Gasteiger partial charge is 0.508 e. The molecule has 2 aliphatic carbocycles. The first-order valence-corrected chi connectivity index (χ1v) is 14.1. The third-order valence-electron chi connectivity index (χ3n) is 8.82. The van der Waals surface area contributed by atoms with E-state index in [9.17, 15) is 18.3 Å². The fourth-order valence-corrected chi connectivity index (χ4v) is 6.61. The second-order valence-electron chi connectivity index (χ2n) is 11.0. The fourth-order valence-electron chi connectivity index (χ4n) is 6.61. The number of fused-ring (bicyclic) bond motifs is 4. The average molecular weight is 480 g/mol. The standard InChI is InChI=1S/C25H37NO2.CH4O3S/c1-24-14-15-26(3)23(16-19-9-11-21(28)17-22(19)24)25(24,2)13-12-20(27)10-8-18-6-4-5-7-18;1-5(2,3)4/h9,11,17-18,23,28H,4-8,10,12-16H2,1-3H3;1H3,(H,2,3,4)/t23-,24+,25?;/m0./s1. The molecule has 0 amide bonds. The van der Waals surface area contributed by atoms with Gasteiger partial charge >= 0.3 is 0 Å². The van der Waals surface area contributed by atoms with Gasteiger partial charge in [-0.1, -0.05) is 45.6 Å². The number of carbonyl (C=O) groups excluding carboxylic acids is 1. The predicted octanol–water partition coefficient (Wildman–Crippen LogP) is 4.74. The summed E-state index contributed by atoms with van der Waals surface area (Å²) >= 11 is 0. The molecule has 2 N–H and O–H groups in total. The molecule has 186 valence electrons. The number of hydrogen-bond acceptors (Lipinski definition) is 5. The minimum Gasteiger partial charge on any atom is -0.508 e. The van der Waals surface area contributed by atoms with Crippen LogP contribution in [0.25, 0.3) is 0 Å². The van der Waals surface area contributed by atoms with Crippen molar-refractivity contribution in [2.45, 2.75) is 89.5 Å². The van der Waals surface area contributed by atoms with E-state index in [0.29, 0.717) is 30.3 Å². The fraction of sp³-hybridized carbons (Fsp3) is 0.731. The van der Waals surface area contributed by atoms with Gasteiger partial charge in [-0.2, -0.15) is 8.42 Å². The molecule has 2 bridgehead atoms. The van der Waals surface area contributed by atoms with E-state index in [2.05, 4.69) is 31.9 Å². The third-order valence-corrected chi connectivity index (χ3v) is 8.82. The topological polar surface area (TPSA) is 94.9 Å². The Morgan fingerprint density at radius 1 is 1.18 bits per heavy atom. The SMILES string of the molecule is CN1CC[C@]2(C)c3cc(O)ccc3C[C@H]1C2(C)CCC(=O)CCC1CCCC1.CS(=O)(=O)O. The Labute approximate surface area is 199 Å². The summed E-state index contributed by atoms with van der Waals surface area (Å²) in [5.74, 6) is 1.62. The lowest BCUT2D eigenvalue weighted by Crippen LogP contribution is -2.64. The normalized spacial score (nSPS) is 29.8. The van der Waals surface area contributed by atoms with Crippen molar-refractivity contribution >= 4 is 15.9 Å². The number of ketones is 1. The first kappa shape index (κ1) is 26.2. The molecule has 1 heterocycles. The molecule has 0 spiro atoms. The van der Waals surface area contributed by atoms with E-state index in [-0.39, 0.29) is 10.8 Å². The number of piperidine rings is 1. The van der Waals surface area contributed by atoms with Gasteiger partial charge < -0.3 is 10.0 Å². The summed E-state index contributed by atoms with van der Waals surface area (Å²) in [7, 11) is -1.42. The molecule has 1 aliphatic heterocycles. The van der Waals surface area contributed by atoms with Crippen molar-refractivity contribution in [3.8, 4) is 5.75 Å². The lowest BCUT2D eigenvalue weighted by atomic mass is 9.49. The first-order chi connectivity index (χ1) is 15.3. The summed E-state index contributed by atoms with van der Waals surface area (Å²) < 4.78 is 25.9. The molecular formula is C26H41NO5S. The van der Waals surface area contributed by atoms with Crippen molar-refractivity contribution in [1.82, 2.24) is 4.90 Å². The number of carbonyl (C=O) groups is 1. The Kier molecular flexibility index (Phi) is 7.97. The van der Waals surface area contributed by atoms with Crippen molar-refractivity contribution in [3.05, 3.63) is 29.3 Å². The number of benzene rings is 1. The van der Waals surface area contributed by atoms with Crippen LogP contribution in [0.4, 0.5) is 0 Å². The molecular weight excluding hydrogens is 438 g/mol. The monoisotopic (exact) mass is 479 g/mol. The van der Waals surface area contributed by atoms with E-state index in [1.165, 1.54) is 36.8 Å². The van der Waals surface area contributed by atoms with Gasteiger partial charge in [-0.05, 0) is 73.9 Å². The minimum absolute atomic E-state index is 0.0161. The van der Waals surface area contributed by atoms with Crippen LogP contribution >= 0.6 is 0 Å². The van der Waals surface area contributed by atoms with Gasteiger partial charge in [0.05, 0.1) is 6.26 Å². The van der Waals surface area contributed by atoms with E-state index >= 15 is 0 Å². The molecule has 1 saturated heterocycles. The van der Waals surface area contributed by atoms with Crippen LogP contribution in [0.15, 0.2) is 18.2 Å². The van der Waals surface area contributed by atoms with Crippen molar-refractivity contribution in [2.24, 2.45) is 11.3 Å². The zero-order chi connectivity index (χ0) is 24.4. The van der Waals surface area contributed by atoms with E-state index in [1.807, 2.05) is 12.1 Å². The number of likely N-dealkylation sites (tertiary alicyclic amines) is 1. The van der Waals surface area contributed by atoms with Crippen LogP contribution in [0.2, 0.25) is 0 Å². The van der Waals surface area contributed by atoms with Gasteiger partial charge in [-0.25, -0.2) is 0 Å². The molecule has 3 atom stereocenters. The molecule has 0 radical (unpaired) electrons. The Morgan fingerprint density at radius 2 is 1.82 bits per heavy atom. The lowest BCUT2D eigenvalue weighted by Gasteiger charge is -2.62. The molecule has 1 aromatic carbocycles. The smallest absolute Gasteiger partial charge is 0.261 e. The molecule has 0 aromatic heterocycles. The molecule has 33 heavy (non-hydrogen) atoms. The number of aromatic hydroxyl groups is 1. The number of rotatable bonds is 6. The third kappa shape index (κ3) is 5.98. The zero-order valence-corrected chi connectivity index (χ0v) is 21.5. The van der Waals surface area contributed by atoms with E-state index in [1.54, 1.807) is 0 Å². The second kappa shape index (κ2) is 10.0. The van der Waals surface area contributed by atoms with Crippen LogP contribution in [-0.4, -0.2) is 54.7 Å². The summed E-state index contributed by atoms with van der Waals surface area (Å²) in [4.78, 5) is 15.3. The van der Waals surface area contributed by atoms with Crippen LogP contribution < -0.4 is 0 Å². The predicted molar refractivity (Wildman–Crippen MR) is 131 cm³/mol.